The van der Waals surface area contributed by atoms with E-state index in [-0.39, 0.29) is 12.3 Å². The Morgan fingerprint density at radius 2 is 1.79 bits per heavy atom. The van der Waals surface area contributed by atoms with E-state index in [1.54, 1.807) is 6.07 Å². The Morgan fingerprint density at radius 3 is 2.57 bits per heavy atom. The maximum atomic E-state index is 12.4. The van der Waals surface area contributed by atoms with Crippen molar-refractivity contribution in [2.45, 2.75) is 13.0 Å². The van der Waals surface area contributed by atoms with Gasteiger partial charge in [-0.15, -0.1) is 10.2 Å². The Kier molecular flexibility index (Phi) is 5.01. The lowest BCUT2D eigenvalue weighted by Gasteiger charge is -2.17. The van der Waals surface area contributed by atoms with E-state index in [4.69, 9.17) is 0 Å². The molecule has 0 fully saturated rings. The second-order valence-corrected chi connectivity index (χ2v) is 6.70. The third-order valence-corrected chi connectivity index (χ3v) is 4.60. The van der Waals surface area contributed by atoms with Gasteiger partial charge >= 0.3 is 0 Å². The topological polar surface area (TPSA) is 73.9 Å². The first kappa shape index (κ1) is 17.7. The SMILES string of the molecule is CN(Cc1ccccc1)c1ccc(NC(=O)Cc2c[nH]c3ccccc23)nn1. The van der Waals surface area contributed by atoms with Gasteiger partial charge in [-0.25, -0.2) is 0 Å². The van der Waals surface area contributed by atoms with E-state index >= 15 is 0 Å². The maximum Gasteiger partial charge on any atom is 0.230 e. The van der Waals surface area contributed by atoms with Gasteiger partial charge in [0.1, 0.15) is 0 Å². The number of fused-ring (bicyclic) bond motifs is 1. The van der Waals surface area contributed by atoms with Gasteiger partial charge < -0.3 is 15.2 Å². The number of hydrogen-bond donors (Lipinski definition) is 2. The van der Waals surface area contributed by atoms with Gasteiger partial charge in [0.25, 0.3) is 0 Å². The molecule has 0 bridgehead atoms. The van der Waals surface area contributed by atoms with Gasteiger partial charge in [-0.05, 0) is 29.3 Å². The zero-order chi connectivity index (χ0) is 19.3. The standard InChI is InChI=1S/C22H21N5O/c1-27(15-16-7-3-2-4-8-16)21-12-11-20(25-26-21)24-22(28)13-17-14-23-19-10-6-5-9-18(17)19/h2-12,14,23H,13,15H2,1H3,(H,24,25,28). The van der Waals surface area contributed by atoms with Crippen molar-refractivity contribution in [2.24, 2.45) is 0 Å². The van der Waals surface area contributed by atoms with Crippen LogP contribution in [0.5, 0.6) is 0 Å². The number of nitrogens with one attached hydrogen (secondary N) is 2. The number of rotatable bonds is 6. The molecule has 4 rings (SSSR count). The molecule has 2 aromatic heterocycles. The van der Waals surface area contributed by atoms with Crippen LogP contribution in [0, 0.1) is 0 Å². The summed E-state index contributed by atoms with van der Waals surface area (Å²) in [5, 5.41) is 12.2. The summed E-state index contributed by atoms with van der Waals surface area (Å²) in [6.45, 7) is 0.738. The third-order valence-electron chi connectivity index (χ3n) is 4.60. The quantitative estimate of drug-likeness (QED) is 0.541. The largest absolute Gasteiger partial charge is 0.361 e. The zero-order valence-corrected chi connectivity index (χ0v) is 15.6. The van der Waals surface area contributed by atoms with Crippen LogP contribution in [0.4, 0.5) is 11.6 Å². The molecule has 2 N–H and O–H groups in total. The minimum absolute atomic E-state index is 0.121. The van der Waals surface area contributed by atoms with E-state index < -0.39 is 0 Å². The molecular formula is C22H21N5O. The summed E-state index contributed by atoms with van der Waals surface area (Å²) < 4.78 is 0. The van der Waals surface area contributed by atoms with E-state index in [0.29, 0.717) is 5.82 Å². The van der Waals surface area contributed by atoms with Gasteiger partial charge in [0.2, 0.25) is 5.91 Å². The van der Waals surface area contributed by atoms with Gasteiger partial charge in [0.05, 0.1) is 6.42 Å². The molecule has 0 atom stereocenters. The van der Waals surface area contributed by atoms with Crippen LogP contribution in [0.15, 0.2) is 72.9 Å². The zero-order valence-electron chi connectivity index (χ0n) is 15.6. The number of carbonyl (C=O) groups excluding carboxylic acids is 1. The van der Waals surface area contributed by atoms with Crippen molar-refractivity contribution in [3.63, 3.8) is 0 Å². The molecule has 0 unspecified atom stereocenters. The Balaban J connectivity index is 1.38. The fraction of sp³-hybridized carbons (Fsp3) is 0.136. The molecule has 4 aromatic rings. The fourth-order valence-corrected chi connectivity index (χ4v) is 3.17. The number of anilines is 2. The highest BCUT2D eigenvalue weighted by Gasteiger charge is 2.10. The third kappa shape index (κ3) is 4.01. The van der Waals surface area contributed by atoms with Crippen LogP contribution in [0.1, 0.15) is 11.1 Å². The van der Waals surface area contributed by atoms with E-state index in [0.717, 1.165) is 28.8 Å². The molecule has 0 aliphatic rings. The Hall–Kier alpha value is -3.67. The van der Waals surface area contributed by atoms with Crippen molar-refractivity contribution in [1.29, 1.82) is 0 Å². The smallest absolute Gasteiger partial charge is 0.230 e. The molecule has 2 aromatic carbocycles. The molecule has 0 saturated carbocycles. The van der Waals surface area contributed by atoms with Crippen molar-refractivity contribution in [2.75, 3.05) is 17.3 Å². The summed E-state index contributed by atoms with van der Waals surface area (Å²) >= 11 is 0. The average Bonchev–Trinajstić information content (AvgIpc) is 3.12. The van der Waals surface area contributed by atoms with Crippen LogP contribution in [0.25, 0.3) is 10.9 Å². The summed E-state index contributed by atoms with van der Waals surface area (Å²) in [4.78, 5) is 17.6. The molecular weight excluding hydrogens is 350 g/mol. The van der Waals surface area contributed by atoms with Crippen molar-refractivity contribution < 1.29 is 4.79 Å². The molecule has 0 aliphatic carbocycles. The molecule has 0 saturated heterocycles. The number of H-pyrrole nitrogens is 1. The molecule has 2 heterocycles. The number of aromatic amines is 1. The highest BCUT2D eigenvalue weighted by Crippen LogP contribution is 2.19. The molecule has 140 valence electrons. The summed E-state index contributed by atoms with van der Waals surface area (Å²) in [6.07, 6.45) is 2.15. The normalized spacial score (nSPS) is 10.8. The van der Waals surface area contributed by atoms with Crippen LogP contribution < -0.4 is 10.2 Å². The minimum Gasteiger partial charge on any atom is -0.361 e. The Morgan fingerprint density at radius 1 is 1.00 bits per heavy atom. The number of aromatic nitrogens is 3. The number of para-hydroxylation sites is 1. The number of carbonyl (C=O) groups is 1. The van der Waals surface area contributed by atoms with Gasteiger partial charge in [-0.2, -0.15) is 0 Å². The predicted octanol–water partition coefficient (Wildman–Crippen LogP) is 3.78. The van der Waals surface area contributed by atoms with Crippen LogP contribution >= 0.6 is 0 Å². The van der Waals surface area contributed by atoms with Crippen LogP contribution in [-0.2, 0) is 17.8 Å². The number of hydrogen-bond acceptors (Lipinski definition) is 4. The molecule has 0 radical (unpaired) electrons. The lowest BCUT2D eigenvalue weighted by molar-refractivity contribution is -0.115. The van der Waals surface area contributed by atoms with Gasteiger partial charge in [0, 0.05) is 30.7 Å². The fourth-order valence-electron chi connectivity index (χ4n) is 3.17. The van der Waals surface area contributed by atoms with Crippen LogP contribution in [0.3, 0.4) is 0 Å². The van der Waals surface area contributed by atoms with Gasteiger partial charge in [0.15, 0.2) is 11.6 Å². The molecule has 0 aliphatic heterocycles. The van der Waals surface area contributed by atoms with Crippen molar-refractivity contribution in [1.82, 2.24) is 15.2 Å². The van der Waals surface area contributed by atoms with E-state index in [9.17, 15) is 4.79 Å². The van der Waals surface area contributed by atoms with Crippen molar-refractivity contribution >= 4 is 28.4 Å². The number of amides is 1. The summed E-state index contributed by atoms with van der Waals surface area (Å²) in [5.41, 5.74) is 3.18. The number of benzene rings is 2. The number of nitrogens with zero attached hydrogens (tertiary/aromatic N) is 3. The van der Waals surface area contributed by atoms with E-state index in [1.807, 2.05) is 66.7 Å². The van der Waals surface area contributed by atoms with Gasteiger partial charge in [-0.3, -0.25) is 4.79 Å². The molecule has 0 spiro atoms. The van der Waals surface area contributed by atoms with Crippen LogP contribution in [0.2, 0.25) is 0 Å². The molecule has 6 nitrogen and oxygen atoms in total. The monoisotopic (exact) mass is 371 g/mol. The average molecular weight is 371 g/mol. The second kappa shape index (κ2) is 7.92. The first-order chi connectivity index (χ1) is 13.7. The van der Waals surface area contributed by atoms with Crippen molar-refractivity contribution in [3.8, 4) is 0 Å². The summed E-state index contributed by atoms with van der Waals surface area (Å²) in [5.74, 6) is 1.07. The summed E-state index contributed by atoms with van der Waals surface area (Å²) in [7, 11) is 1.96. The highest BCUT2D eigenvalue weighted by atomic mass is 16.1. The maximum absolute atomic E-state index is 12.4. The minimum atomic E-state index is -0.121. The van der Waals surface area contributed by atoms with Crippen molar-refractivity contribution in [3.05, 3.63) is 84.1 Å². The molecule has 1 amide bonds. The molecule has 6 heteroatoms. The first-order valence-corrected chi connectivity index (χ1v) is 9.13. The van der Waals surface area contributed by atoms with E-state index in [1.165, 1.54) is 5.56 Å². The lowest BCUT2D eigenvalue weighted by atomic mass is 10.1. The first-order valence-electron chi connectivity index (χ1n) is 9.13. The second-order valence-electron chi connectivity index (χ2n) is 6.70. The summed E-state index contributed by atoms with van der Waals surface area (Å²) in [6, 6.07) is 21.7. The molecule has 28 heavy (non-hydrogen) atoms. The highest BCUT2D eigenvalue weighted by molar-refractivity contribution is 5.95. The van der Waals surface area contributed by atoms with Gasteiger partial charge in [-0.1, -0.05) is 48.5 Å². The van der Waals surface area contributed by atoms with E-state index in [2.05, 4.69) is 32.6 Å². The Bertz CT molecular complexity index is 1070. The lowest BCUT2D eigenvalue weighted by Crippen LogP contribution is -2.19. The van der Waals surface area contributed by atoms with Crippen LogP contribution in [-0.4, -0.2) is 28.1 Å². The predicted molar refractivity (Wildman–Crippen MR) is 111 cm³/mol. The Labute approximate surface area is 163 Å².